The maximum atomic E-state index is 6.07. The van der Waals surface area contributed by atoms with Crippen LogP contribution in [0.3, 0.4) is 0 Å². The third-order valence-corrected chi connectivity index (χ3v) is 3.92. The van der Waals surface area contributed by atoms with Gasteiger partial charge in [-0.25, -0.2) is 0 Å². The van der Waals surface area contributed by atoms with Crippen LogP contribution in [-0.4, -0.2) is 26.4 Å². The zero-order valence-electron chi connectivity index (χ0n) is 11.0. The lowest BCUT2D eigenvalue weighted by Crippen LogP contribution is -2.34. The van der Waals surface area contributed by atoms with Crippen LogP contribution in [-0.2, 0) is 11.2 Å². The van der Waals surface area contributed by atoms with Crippen LogP contribution in [0.2, 0.25) is 0 Å². The minimum Gasteiger partial charge on any atom is -0.493 e. The fourth-order valence-electron chi connectivity index (χ4n) is 2.80. The molecule has 0 saturated carbocycles. The van der Waals surface area contributed by atoms with E-state index in [1.807, 2.05) is 0 Å². The number of hydrogen-bond acceptors (Lipinski definition) is 3. The second-order valence-electron chi connectivity index (χ2n) is 5.71. The second kappa shape index (κ2) is 4.81. The van der Waals surface area contributed by atoms with Crippen molar-refractivity contribution in [2.45, 2.75) is 26.2 Å². The molecule has 1 N–H and O–H groups in total. The van der Waals surface area contributed by atoms with Crippen molar-refractivity contribution in [1.29, 1.82) is 0 Å². The zero-order chi connectivity index (χ0) is 12.4. The van der Waals surface area contributed by atoms with Gasteiger partial charge in [0, 0.05) is 29.8 Å². The number of anilines is 1. The van der Waals surface area contributed by atoms with Gasteiger partial charge in [0.05, 0.1) is 13.2 Å². The summed E-state index contributed by atoms with van der Waals surface area (Å²) in [5.41, 5.74) is 2.74. The van der Waals surface area contributed by atoms with E-state index in [1.54, 1.807) is 0 Å². The monoisotopic (exact) mass is 247 g/mol. The highest BCUT2D eigenvalue weighted by Crippen LogP contribution is 2.33. The smallest absolute Gasteiger partial charge is 0.124 e. The van der Waals surface area contributed by atoms with E-state index < -0.39 is 0 Å². The summed E-state index contributed by atoms with van der Waals surface area (Å²) in [4.78, 5) is 0. The predicted octanol–water partition coefficient (Wildman–Crippen LogP) is 2.85. The molecule has 1 saturated heterocycles. The Morgan fingerprint density at radius 3 is 3.22 bits per heavy atom. The summed E-state index contributed by atoms with van der Waals surface area (Å²) in [6.07, 6.45) is 3.41. The number of nitrogens with one attached hydrogen (secondary N) is 1. The van der Waals surface area contributed by atoms with Crippen molar-refractivity contribution < 1.29 is 9.47 Å². The molecule has 0 spiro atoms. The second-order valence-corrected chi connectivity index (χ2v) is 5.71. The minimum absolute atomic E-state index is 0.174. The molecule has 0 aromatic heterocycles. The predicted molar refractivity (Wildman–Crippen MR) is 72.3 cm³/mol. The maximum absolute atomic E-state index is 6.07. The number of rotatable bonds is 3. The number of fused-ring (bicyclic) bond motifs is 1. The summed E-state index contributed by atoms with van der Waals surface area (Å²) in [5.74, 6) is 1.05. The van der Waals surface area contributed by atoms with Gasteiger partial charge < -0.3 is 14.8 Å². The average Bonchev–Trinajstić information content (AvgIpc) is 2.86. The number of benzene rings is 1. The topological polar surface area (TPSA) is 30.5 Å². The van der Waals surface area contributed by atoms with E-state index >= 15 is 0 Å². The van der Waals surface area contributed by atoms with Crippen LogP contribution in [0.1, 0.15) is 25.3 Å². The molecule has 1 atom stereocenters. The molecule has 18 heavy (non-hydrogen) atoms. The Kier molecular flexibility index (Phi) is 3.16. The SMILES string of the molecule is CC1(COc2cccc3c2CCN3)CCCOC1. The van der Waals surface area contributed by atoms with E-state index in [2.05, 4.69) is 30.4 Å². The van der Waals surface area contributed by atoms with Gasteiger partial charge in [0.15, 0.2) is 0 Å². The van der Waals surface area contributed by atoms with Gasteiger partial charge in [0.2, 0.25) is 0 Å². The lowest BCUT2D eigenvalue weighted by Gasteiger charge is -2.33. The van der Waals surface area contributed by atoms with Gasteiger partial charge in [0.1, 0.15) is 5.75 Å². The maximum Gasteiger partial charge on any atom is 0.124 e. The van der Waals surface area contributed by atoms with Crippen molar-refractivity contribution in [3.05, 3.63) is 23.8 Å². The third kappa shape index (κ3) is 2.32. The van der Waals surface area contributed by atoms with Gasteiger partial charge in [-0.3, -0.25) is 0 Å². The summed E-state index contributed by atoms with van der Waals surface area (Å²) < 4.78 is 11.6. The van der Waals surface area contributed by atoms with Gasteiger partial charge in [-0.15, -0.1) is 0 Å². The Labute approximate surface area is 108 Å². The standard InChI is InChI=1S/C15H21NO2/c1-15(7-3-9-17-10-15)11-18-14-5-2-4-13-12(14)6-8-16-13/h2,4-5,16H,3,6-11H2,1H3. The Bertz CT molecular complexity index is 425. The molecule has 2 heterocycles. The average molecular weight is 247 g/mol. The number of hydrogen-bond donors (Lipinski definition) is 1. The molecule has 98 valence electrons. The van der Waals surface area contributed by atoms with Gasteiger partial charge in [-0.1, -0.05) is 13.0 Å². The summed E-state index contributed by atoms with van der Waals surface area (Å²) in [5, 5.41) is 3.38. The van der Waals surface area contributed by atoms with Crippen molar-refractivity contribution >= 4 is 5.69 Å². The van der Waals surface area contributed by atoms with Crippen LogP contribution in [0.15, 0.2) is 18.2 Å². The highest BCUT2D eigenvalue weighted by Gasteiger charge is 2.29. The molecule has 2 aliphatic heterocycles. The molecule has 3 nitrogen and oxygen atoms in total. The van der Waals surface area contributed by atoms with E-state index in [0.717, 1.165) is 45.0 Å². The molecule has 1 aromatic carbocycles. The molecule has 0 bridgehead atoms. The van der Waals surface area contributed by atoms with Crippen LogP contribution < -0.4 is 10.1 Å². The van der Waals surface area contributed by atoms with Gasteiger partial charge in [-0.05, 0) is 31.4 Å². The van der Waals surface area contributed by atoms with Crippen LogP contribution in [0.4, 0.5) is 5.69 Å². The van der Waals surface area contributed by atoms with Crippen molar-refractivity contribution in [3.8, 4) is 5.75 Å². The Morgan fingerprint density at radius 1 is 1.44 bits per heavy atom. The van der Waals surface area contributed by atoms with E-state index in [4.69, 9.17) is 9.47 Å². The molecule has 2 aliphatic rings. The molecule has 0 radical (unpaired) electrons. The largest absolute Gasteiger partial charge is 0.493 e. The summed E-state index contributed by atoms with van der Waals surface area (Å²) in [6, 6.07) is 6.27. The van der Waals surface area contributed by atoms with Gasteiger partial charge >= 0.3 is 0 Å². The van der Waals surface area contributed by atoms with Crippen LogP contribution in [0, 0.1) is 5.41 Å². The molecular weight excluding hydrogens is 226 g/mol. The molecule has 0 amide bonds. The van der Waals surface area contributed by atoms with Gasteiger partial charge in [0.25, 0.3) is 0 Å². The molecule has 1 unspecified atom stereocenters. The van der Waals surface area contributed by atoms with E-state index in [0.29, 0.717) is 0 Å². The van der Waals surface area contributed by atoms with Crippen LogP contribution in [0.25, 0.3) is 0 Å². The lowest BCUT2D eigenvalue weighted by atomic mass is 9.86. The fourth-order valence-corrected chi connectivity index (χ4v) is 2.80. The Balaban J connectivity index is 1.68. The molecule has 1 fully saturated rings. The normalized spacial score (nSPS) is 26.5. The van der Waals surface area contributed by atoms with Crippen LogP contribution in [0.5, 0.6) is 5.75 Å². The van der Waals surface area contributed by atoms with Gasteiger partial charge in [-0.2, -0.15) is 0 Å². The Morgan fingerprint density at radius 2 is 2.39 bits per heavy atom. The van der Waals surface area contributed by atoms with E-state index in [-0.39, 0.29) is 5.41 Å². The zero-order valence-corrected chi connectivity index (χ0v) is 11.0. The molecule has 3 heteroatoms. The summed E-state index contributed by atoms with van der Waals surface area (Å²) >= 11 is 0. The van der Waals surface area contributed by atoms with Crippen molar-refractivity contribution in [1.82, 2.24) is 0 Å². The molecular formula is C15H21NO2. The fraction of sp³-hybridized carbons (Fsp3) is 0.600. The third-order valence-electron chi connectivity index (χ3n) is 3.92. The van der Waals surface area contributed by atoms with Crippen molar-refractivity contribution in [2.75, 3.05) is 31.7 Å². The van der Waals surface area contributed by atoms with E-state index in [9.17, 15) is 0 Å². The van der Waals surface area contributed by atoms with Crippen molar-refractivity contribution in [2.24, 2.45) is 5.41 Å². The first kappa shape index (κ1) is 11.8. The highest BCUT2D eigenvalue weighted by atomic mass is 16.5. The summed E-state index contributed by atoms with van der Waals surface area (Å²) in [7, 11) is 0. The minimum atomic E-state index is 0.174. The molecule has 1 aromatic rings. The van der Waals surface area contributed by atoms with E-state index in [1.165, 1.54) is 17.7 Å². The Hall–Kier alpha value is -1.22. The first-order valence-electron chi connectivity index (χ1n) is 6.83. The molecule has 3 rings (SSSR count). The summed E-state index contributed by atoms with van der Waals surface area (Å²) in [6.45, 7) is 5.76. The highest BCUT2D eigenvalue weighted by molar-refractivity contribution is 5.61. The molecule has 0 aliphatic carbocycles. The van der Waals surface area contributed by atoms with Crippen LogP contribution >= 0.6 is 0 Å². The quantitative estimate of drug-likeness (QED) is 0.891. The first-order valence-corrected chi connectivity index (χ1v) is 6.83. The first-order chi connectivity index (χ1) is 8.77. The number of ether oxygens (including phenoxy) is 2. The van der Waals surface area contributed by atoms with Crippen molar-refractivity contribution in [3.63, 3.8) is 0 Å². The lowest BCUT2D eigenvalue weighted by molar-refractivity contribution is -0.0216.